The van der Waals surface area contributed by atoms with E-state index in [0.717, 1.165) is 29.5 Å². The molecule has 0 heterocycles. The van der Waals surface area contributed by atoms with E-state index in [1.165, 1.54) is 4.90 Å². The topological polar surface area (TPSA) is 87.7 Å². The second-order valence-corrected chi connectivity index (χ2v) is 10.3. The summed E-state index contributed by atoms with van der Waals surface area (Å²) in [4.78, 5) is 40.8. The molecule has 0 aromatic heterocycles. The fraction of sp³-hybridized carbons (Fsp3) is 0.640. The number of carbonyl (C=O) groups excluding carboxylic acids is 3. The van der Waals surface area contributed by atoms with Crippen molar-refractivity contribution >= 4 is 29.7 Å². The normalized spacial score (nSPS) is 13.1. The number of rotatable bonds is 11. The molecule has 0 saturated carbocycles. The molecule has 7 nitrogen and oxygen atoms in total. The van der Waals surface area contributed by atoms with Crippen LogP contribution in [0.2, 0.25) is 0 Å². The van der Waals surface area contributed by atoms with Crippen molar-refractivity contribution in [2.45, 2.75) is 78.5 Å². The molecule has 0 fully saturated rings. The van der Waals surface area contributed by atoms with E-state index in [1.807, 2.05) is 38.3 Å². The first-order chi connectivity index (χ1) is 15.4. The number of nitrogens with zero attached hydrogens (tertiary/aromatic N) is 1. The summed E-state index contributed by atoms with van der Waals surface area (Å²) in [5.41, 5.74) is 2.00. The van der Waals surface area contributed by atoms with Gasteiger partial charge in [-0.2, -0.15) is 11.8 Å². The van der Waals surface area contributed by atoms with E-state index in [1.54, 1.807) is 39.6 Å². The van der Waals surface area contributed by atoms with Crippen LogP contribution in [-0.4, -0.2) is 60.1 Å². The number of hydrogen-bond donors (Lipinski definition) is 2. The molecule has 0 spiro atoms. The van der Waals surface area contributed by atoms with Crippen molar-refractivity contribution in [3.63, 3.8) is 0 Å². The highest BCUT2D eigenvalue weighted by molar-refractivity contribution is 7.98. The van der Waals surface area contributed by atoms with Gasteiger partial charge in [0.05, 0.1) is 0 Å². The quantitative estimate of drug-likeness (QED) is 0.460. The molecule has 3 amide bonds. The lowest BCUT2D eigenvalue weighted by Crippen LogP contribution is -2.52. The number of aryl methyl sites for hydroxylation is 2. The molecular weight excluding hydrogens is 438 g/mol. The van der Waals surface area contributed by atoms with Crippen LogP contribution in [0.25, 0.3) is 0 Å². The van der Waals surface area contributed by atoms with Crippen molar-refractivity contribution < 1.29 is 19.1 Å². The number of carbonyl (C=O) groups is 3. The van der Waals surface area contributed by atoms with E-state index >= 15 is 0 Å². The minimum atomic E-state index is -0.799. The zero-order valence-corrected chi connectivity index (χ0v) is 22.2. The van der Waals surface area contributed by atoms with E-state index < -0.39 is 23.8 Å². The maximum absolute atomic E-state index is 13.6. The van der Waals surface area contributed by atoms with Crippen LogP contribution >= 0.6 is 11.8 Å². The first kappa shape index (κ1) is 28.8. The molecule has 0 aliphatic heterocycles. The van der Waals surface area contributed by atoms with Gasteiger partial charge in [-0.25, -0.2) is 4.79 Å². The Morgan fingerprint density at radius 2 is 1.76 bits per heavy atom. The number of benzene rings is 1. The van der Waals surface area contributed by atoms with E-state index in [4.69, 9.17) is 4.74 Å². The third-order valence-corrected chi connectivity index (χ3v) is 5.87. The largest absolute Gasteiger partial charge is 0.444 e. The number of unbranched alkanes of at least 4 members (excludes halogenated alkanes) is 1. The van der Waals surface area contributed by atoms with Crippen LogP contribution in [0.5, 0.6) is 0 Å². The average Bonchev–Trinajstić information content (AvgIpc) is 2.71. The van der Waals surface area contributed by atoms with Crippen molar-refractivity contribution in [2.75, 3.05) is 25.6 Å². The lowest BCUT2D eigenvalue weighted by atomic mass is 9.94. The summed E-state index contributed by atoms with van der Waals surface area (Å²) >= 11 is 1.59. The zero-order chi connectivity index (χ0) is 25.2. The summed E-state index contributed by atoms with van der Waals surface area (Å²) in [6.07, 6.45) is 3.55. The summed E-state index contributed by atoms with van der Waals surface area (Å²) in [6.45, 7) is 11.8. The van der Waals surface area contributed by atoms with Gasteiger partial charge in [0.15, 0.2) is 0 Å². The molecular formula is C25H41N3O4S. The van der Waals surface area contributed by atoms with Gasteiger partial charge in [-0.1, -0.05) is 31.5 Å². The number of nitrogens with one attached hydrogen (secondary N) is 2. The molecule has 0 saturated heterocycles. The Labute approximate surface area is 203 Å². The van der Waals surface area contributed by atoms with Crippen molar-refractivity contribution in [2.24, 2.45) is 0 Å². The number of amides is 3. The van der Waals surface area contributed by atoms with Crippen molar-refractivity contribution in [3.8, 4) is 0 Å². The van der Waals surface area contributed by atoms with Crippen LogP contribution < -0.4 is 10.6 Å². The number of likely N-dealkylation sites (N-methyl/N-ethyl adjacent to an activating group) is 1. The molecule has 0 bridgehead atoms. The highest BCUT2D eigenvalue weighted by atomic mass is 32.2. The second kappa shape index (κ2) is 13.5. The van der Waals surface area contributed by atoms with Crippen LogP contribution in [0.1, 0.15) is 69.7 Å². The molecule has 186 valence electrons. The zero-order valence-electron chi connectivity index (χ0n) is 21.4. The van der Waals surface area contributed by atoms with Gasteiger partial charge < -0.3 is 20.3 Å². The monoisotopic (exact) mass is 479 g/mol. The Hall–Kier alpha value is -2.22. The standard InChI is InChI=1S/C25H41N3O4S/c1-9-10-15-26-22(29)21(20-17(2)12-11-13-18(20)3)28(7)23(30)19(14-16-33-8)27-24(31)32-25(4,5)6/h11-13,19,21H,9-10,14-16H2,1-8H3,(H,26,29)(H,27,31). The lowest BCUT2D eigenvalue weighted by Gasteiger charge is -2.33. The third-order valence-electron chi connectivity index (χ3n) is 5.23. The molecule has 0 aliphatic carbocycles. The molecule has 1 aromatic carbocycles. The Morgan fingerprint density at radius 3 is 2.27 bits per heavy atom. The van der Waals surface area contributed by atoms with Crippen molar-refractivity contribution in [1.82, 2.24) is 15.5 Å². The summed E-state index contributed by atoms with van der Waals surface area (Å²) in [6, 6.07) is 4.22. The minimum absolute atomic E-state index is 0.224. The third kappa shape index (κ3) is 9.27. The molecule has 2 N–H and O–H groups in total. The number of hydrogen-bond acceptors (Lipinski definition) is 5. The van der Waals surface area contributed by atoms with Crippen molar-refractivity contribution in [1.29, 1.82) is 0 Å². The fourth-order valence-electron chi connectivity index (χ4n) is 3.56. The lowest BCUT2D eigenvalue weighted by molar-refractivity contribution is -0.140. The maximum Gasteiger partial charge on any atom is 0.408 e. The van der Waals surface area contributed by atoms with E-state index in [-0.39, 0.29) is 11.8 Å². The summed E-state index contributed by atoms with van der Waals surface area (Å²) < 4.78 is 5.37. The number of alkyl carbamates (subject to hydrolysis) is 1. The van der Waals surface area contributed by atoms with Gasteiger partial charge in [0, 0.05) is 13.6 Å². The predicted molar refractivity (Wildman–Crippen MR) is 136 cm³/mol. The minimum Gasteiger partial charge on any atom is -0.444 e. The maximum atomic E-state index is 13.6. The van der Waals surface area contributed by atoms with Crippen LogP contribution in [0.4, 0.5) is 4.79 Å². The van der Waals surface area contributed by atoms with Gasteiger partial charge in [0.25, 0.3) is 0 Å². The molecule has 2 atom stereocenters. The van der Waals surface area contributed by atoms with E-state index in [0.29, 0.717) is 18.7 Å². The molecule has 0 aliphatic rings. The highest BCUT2D eigenvalue weighted by Crippen LogP contribution is 2.28. The second-order valence-electron chi connectivity index (χ2n) is 9.28. The molecule has 2 unspecified atom stereocenters. The van der Waals surface area contributed by atoms with Gasteiger partial charge >= 0.3 is 6.09 Å². The van der Waals surface area contributed by atoms with Crippen LogP contribution in [0.15, 0.2) is 18.2 Å². The summed E-state index contributed by atoms with van der Waals surface area (Å²) in [5.74, 6) is 0.127. The van der Waals surface area contributed by atoms with Crippen LogP contribution in [-0.2, 0) is 14.3 Å². The Morgan fingerprint density at radius 1 is 1.15 bits per heavy atom. The van der Waals surface area contributed by atoms with Crippen LogP contribution in [0.3, 0.4) is 0 Å². The molecule has 8 heteroatoms. The summed E-state index contributed by atoms with van der Waals surface area (Å²) in [5, 5.41) is 5.70. The Balaban J connectivity index is 3.27. The molecule has 33 heavy (non-hydrogen) atoms. The SMILES string of the molecule is CCCCNC(=O)C(c1c(C)cccc1C)N(C)C(=O)C(CCSC)NC(=O)OC(C)(C)C. The first-order valence-corrected chi connectivity index (χ1v) is 12.9. The Bertz CT molecular complexity index is 787. The Kier molecular flexibility index (Phi) is 11.8. The molecule has 0 radical (unpaired) electrons. The number of ether oxygens (including phenoxy) is 1. The smallest absolute Gasteiger partial charge is 0.408 e. The number of thioether (sulfide) groups is 1. The van der Waals surface area contributed by atoms with Gasteiger partial charge in [-0.3, -0.25) is 9.59 Å². The van der Waals surface area contributed by atoms with Gasteiger partial charge in [-0.05, 0) is 76.2 Å². The van der Waals surface area contributed by atoms with E-state index in [9.17, 15) is 14.4 Å². The average molecular weight is 480 g/mol. The first-order valence-electron chi connectivity index (χ1n) is 11.5. The molecule has 1 aromatic rings. The van der Waals surface area contributed by atoms with Gasteiger partial charge in [0.1, 0.15) is 17.7 Å². The van der Waals surface area contributed by atoms with Crippen LogP contribution in [0, 0.1) is 13.8 Å². The molecule has 1 rings (SSSR count). The highest BCUT2D eigenvalue weighted by Gasteiger charge is 2.35. The predicted octanol–water partition coefficient (Wildman–Crippen LogP) is 4.37. The van der Waals surface area contributed by atoms with Gasteiger partial charge in [-0.15, -0.1) is 0 Å². The van der Waals surface area contributed by atoms with E-state index in [2.05, 4.69) is 17.6 Å². The summed E-state index contributed by atoms with van der Waals surface area (Å²) in [7, 11) is 1.63. The fourth-order valence-corrected chi connectivity index (χ4v) is 4.03. The van der Waals surface area contributed by atoms with Gasteiger partial charge in [0.2, 0.25) is 11.8 Å². The van der Waals surface area contributed by atoms with Crippen molar-refractivity contribution in [3.05, 3.63) is 34.9 Å².